The molecule has 3 saturated heterocycles. The maximum absolute atomic E-state index is 13.8. The maximum atomic E-state index is 13.8. The lowest BCUT2D eigenvalue weighted by Gasteiger charge is -2.25. The van der Waals surface area contributed by atoms with Crippen LogP contribution in [-0.4, -0.2) is 49.0 Å². The summed E-state index contributed by atoms with van der Waals surface area (Å²) in [4.78, 5) is 0. The molecule has 0 amide bonds. The highest BCUT2D eigenvalue weighted by atomic mass is 19.1. The molecular formula is C12H19FO5. The fraction of sp³-hybridized carbons (Fsp3) is 1.00. The maximum Gasteiger partial charge on any atom is 0.228 e. The van der Waals surface area contributed by atoms with Crippen molar-refractivity contribution in [2.45, 2.75) is 70.0 Å². The molecule has 0 aliphatic carbocycles. The Kier molecular flexibility index (Phi) is 2.74. The number of alkyl halides is 1. The minimum atomic E-state index is -1.48. The van der Waals surface area contributed by atoms with Crippen LogP contribution in [0.15, 0.2) is 0 Å². The van der Waals surface area contributed by atoms with Gasteiger partial charge in [0.1, 0.15) is 24.4 Å². The zero-order valence-corrected chi connectivity index (χ0v) is 11.0. The highest BCUT2D eigenvalue weighted by molar-refractivity contribution is 4.99. The molecule has 3 fully saturated rings. The Bertz CT molecular complexity index is 345. The number of rotatable bonds is 1. The Hall–Kier alpha value is -0.270. The van der Waals surface area contributed by atoms with Crippen molar-refractivity contribution in [2.24, 2.45) is 0 Å². The number of halogens is 1. The van der Waals surface area contributed by atoms with Gasteiger partial charge in [-0.25, -0.2) is 4.39 Å². The molecule has 3 aliphatic heterocycles. The molecule has 5 atom stereocenters. The summed E-state index contributed by atoms with van der Waals surface area (Å²) in [6.45, 7) is 7.55. The van der Waals surface area contributed by atoms with Crippen molar-refractivity contribution < 1.29 is 28.1 Å². The Morgan fingerprint density at radius 2 is 1.56 bits per heavy atom. The predicted octanol–water partition coefficient (Wildman–Crippen LogP) is 1.35. The van der Waals surface area contributed by atoms with Crippen molar-refractivity contribution in [3.8, 4) is 0 Å². The molecule has 18 heavy (non-hydrogen) atoms. The molecule has 1 unspecified atom stereocenters. The molecule has 104 valence electrons. The minimum Gasteiger partial charge on any atom is -0.348 e. The minimum absolute atomic E-state index is 0.328. The summed E-state index contributed by atoms with van der Waals surface area (Å²) in [5.41, 5.74) is 0. The fourth-order valence-corrected chi connectivity index (χ4v) is 2.76. The van der Waals surface area contributed by atoms with E-state index in [-0.39, 0.29) is 6.10 Å². The van der Waals surface area contributed by atoms with Crippen molar-refractivity contribution in [3.63, 3.8) is 0 Å². The van der Waals surface area contributed by atoms with E-state index in [0.717, 1.165) is 0 Å². The van der Waals surface area contributed by atoms with Gasteiger partial charge >= 0.3 is 0 Å². The first kappa shape index (κ1) is 12.7. The van der Waals surface area contributed by atoms with Gasteiger partial charge in [-0.15, -0.1) is 0 Å². The van der Waals surface area contributed by atoms with Gasteiger partial charge in [0, 0.05) is 0 Å². The lowest BCUT2D eigenvalue weighted by Crippen LogP contribution is -2.40. The van der Waals surface area contributed by atoms with Crippen LogP contribution in [0.2, 0.25) is 0 Å². The van der Waals surface area contributed by atoms with E-state index in [9.17, 15) is 4.39 Å². The van der Waals surface area contributed by atoms with E-state index in [0.29, 0.717) is 6.61 Å². The second-order valence-corrected chi connectivity index (χ2v) is 5.88. The second-order valence-electron chi connectivity index (χ2n) is 5.88. The quantitative estimate of drug-likeness (QED) is 0.714. The molecule has 6 heteroatoms. The van der Waals surface area contributed by atoms with Crippen LogP contribution in [-0.2, 0) is 23.7 Å². The molecule has 3 rings (SSSR count). The van der Waals surface area contributed by atoms with Crippen LogP contribution >= 0.6 is 0 Å². The molecule has 0 spiro atoms. The van der Waals surface area contributed by atoms with E-state index in [2.05, 4.69) is 0 Å². The van der Waals surface area contributed by atoms with Gasteiger partial charge in [-0.2, -0.15) is 0 Å². The van der Waals surface area contributed by atoms with E-state index in [4.69, 9.17) is 23.7 Å². The molecule has 0 saturated carbocycles. The lowest BCUT2D eigenvalue weighted by atomic mass is 10.1. The standard InChI is InChI=1S/C12H19FO5/c1-11(2)14-5-6(16-11)7-8-9(10(13)15-7)18-12(3,4)17-8/h6-10H,5H2,1-4H3/t6-,7+,8-,9-,10?/m0/s1. The van der Waals surface area contributed by atoms with E-state index in [1.54, 1.807) is 13.8 Å². The first-order valence-corrected chi connectivity index (χ1v) is 6.24. The SMILES string of the molecule is CC1(C)OC[C@@H]([C@H]2OC(F)[C@H]3OC(C)(C)O[C@@H]23)O1. The van der Waals surface area contributed by atoms with Crippen molar-refractivity contribution in [2.75, 3.05) is 6.61 Å². The van der Waals surface area contributed by atoms with Crippen LogP contribution in [0.1, 0.15) is 27.7 Å². The summed E-state index contributed by atoms with van der Waals surface area (Å²) in [6, 6.07) is 0. The van der Waals surface area contributed by atoms with E-state index < -0.39 is 36.2 Å². The monoisotopic (exact) mass is 262 g/mol. The first-order chi connectivity index (χ1) is 8.27. The highest BCUT2D eigenvalue weighted by Gasteiger charge is 2.59. The summed E-state index contributed by atoms with van der Waals surface area (Å²) in [5, 5.41) is 0. The van der Waals surface area contributed by atoms with Crippen LogP contribution in [0.3, 0.4) is 0 Å². The Balaban J connectivity index is 1.75. The molecule has 3 heterocycles. The van der Waals surface area contributed by atoms with E-state index in [1.807, 2.05) is 13.8 Å². The van der Waals surface area contributed by atoms with E-state index >= 15 is 0 Å². The highest BCUT2D eigenvalue weighted by Crippen LogP contribution is 2.42. The molecule has 3 aliphatic rings. The van der Waals surface area contributed by atoms with Gasteiger partial charge in [0.2, 0.25) is 6.36 Å². The Morgan fingerprint density at radius 3 is 2.17 bits per heavy atom. The molecule has 0 radical (unpaired) electrons. The molecular weight excluding hydrogens is 243 g/mol. The van der Waals surface area contributed by atoms with Crippen LogP contribution in [0, 0.1) is 0 Å². The van der Waals surface area contributed by atoms with Gasteiger partial charge in [0.15, 0.2) is 11.6 Å². The van der Waals surface area contributed by atoms with Crippen molar-refractivity contribution >= 4 is 0 Å². The number of fused-ring (bicyclic) bond motifs is 1. The summed E-state index contributed by atoms with van der Waals surface area (Å²) in [6.07, 6.45) is -3.43. The summed E-state index contributed by atoms with van der Waals surface area (Å²) >= 11 is 0. The predicted molar refractivity (Wildman–Crippen MR) is 58.5 cm³/mol. The molecule has 5 nitrogen and oxygen atoms in total. The van der Waals surface area contributed by atoms with Crippen LogP contribution < -0.4 is 0 Å². The third-order valence-corrected chi connectivity index (χ3v) is 3.43. The first-order valence-electron chi connectivity index (χ1n) is 6.24. The summed E-state index contributed by atoms with van der Waals surface area (Å²) in [7, 11) is 0. The smallest absolute Gasteiger partial charge is 0.228 e. The van der Waals surface area contributed by atoms with Crippen molar-refractivity contribution in [1.82, 2.24) is 0 Å². The van der Waals surface area contributed by atoms with Crippen LogP contribution in [0.5, 0.6) is 0 Å². The third kappa shape index (κ3) is 2.06. The largest absolute Gasteiger partial charge is 0.348 e. The molecule has 0 bridgehead atoms. The normalized spacial score (nSPS) is 49.5. The van der Waals surface area contributed by atoms with E-state index in [1.165, 1.54) is 0 Å². The zero-order chi connectivity index (χ0) is 13.1. The number of ether oxygens (including phenoxy) is 5. The van der Waals surface area contributed by atoms with Crippen molar-refractivity contribution in [1.29, 1.82) is 0 Å². The second kappa shape index (κ2) is 3.86. The molecule has 0 aromatic rings. The average molecular weight is 262 g/mol. The Morgan fingerprint density at radius 1 is 0.889 bits per heavy atom. The zero-order valence-electron chi connectivity index (χ0n) is 11.0. The van der Waals surface area contributed by atoms with Gasteiger partial charge in [0.25, 0.3) is 0 Å². The topological polar surface area (TPSA) is 46.2 Å². The van der Waals surface area contributed by atoms with Gasteiger partial charge in [-0.1, -0.05) is 0 Å². The summed E-state index contributed by atoms with van der Waals surface area (Å²) in [5.74, 6) is -1.44. The molecule has 0 N–H and O–H groups in total. The molecule has 0 aromatic carbocycles. The number of hydrogen-bond acceptors (Lipinski definition) is 5. The van der Waals surface area contributed by atoms with Gasteiger partial charge in [-0.05, 0) is 27.7 Å². The lowest BCUT2D eigenvalue weighted by molar-refractivity contribution is -0.221. The number of hydrogen-bond donors (Lipinski definition) is 0. The van der Waals surface area contributed by atoms with Gasteiger partial charge in [-0.3, -0.25) is 0 Å². The third-order valence-electron chi connectivity index (χ3n) is 3.43. The van der Waals surface area contributed by atoms with Crippen LogP contribution in [0.4, 0.5) is 4.39 Å². The summed E-state index contributed by atoms with van der Waals surface area (Å²) < 4.78 is 41.5. The Labute approximate surface area is 105 Å². The van der Waals surface area contributed by atoms with Crippen LogP contribution in [0.25, 0.3) is 0 Å². The average Bonchev–Trinajstić information content (AvgIpc) is 2.81. The van der Waals surface area contributed by atoms with Crippen molar-refractivity contribution in [3.05, 3.63) is 0 Å². The van der Waals surface area contributed by atoms with Gasteiger partial charge in [0.05, 0.1) is 6.61 Å². The van der Waals surface area contributed by atoms with Gasteiger partial charge < -0.3 is 23.7 Å². The molecule has 0 aromatic heterocycles. The fourth-order valence-electron chi connectivity index (χ4n) is 2.76.